The van der Waals surface area contributed by atoms with Gasteiger partial charge in [-0.3, -0.25) is 0 Å². The molecule has 104 valence electrons. The van der Waals surface area contributed by atoms with E-state index in [-0.39, 0.29) is 0 Å². The lowest BCUT2D eigenvalue weighted by Gasteiger charge is -2.35. The molecule has 0 aliphatic carbocycles. The Labute approximate surface area is 110 Å². The number of hydrogen-bond acceptors (Lipinski definition) is 1. The maximum Gasteiger partial charge on any atom is 0.000367 e. The van der Waals surface area contributed by atoms with Crippen molar-refractivity contribution in [2.24, 2.45) is 29.6 Å². The molecule has 0 spiro atoms. The number of nitrogens with zero attached hydrogens (tertiary/aromatic N) is 1. The van der Waals surface area contributed by atoms with Crippen molar-refractivity contribution in [3.63, 3.8) is 0 Å². The molecule has 0 radical (unpaired) electrons. The quantitative estimate of drug-likeness (QED) is 0.603. The molecular formula is C16H35N. The molecule has 0 heterocycles. The molecule has 0 rings (SSSR count). The van der Waals surface area contributed by atoms with E-state index >= 15 is 0 Å². The Kier molecular flexibility index (Phi) is 8.11. The van der Waals surface area contributed by atoms with Gasteiger partial charge in [0.15, 0.2) is 0 Å². The summed E-state index contributed by atoms with van der Waals surface area (Å²) in [4.78, 5) is 2.33. The van der Waals surface area contributed by atoms with Gasteiger partial charge >= 0.3 is 0 Å². The van der Waals surface area contributed by atoms with Crippen molar-refractivity contribution < 1.29 is 0 Å². The van der Waals surface area contributed by atoms with Crippen LogP contribution in [0.25, 0.3) is 0 Å². The first-order chi connectivity index (χ1) is 7.79. The second-order valence-corrected chi connectivity index (χ2v) is 6.76. The van der Waals surface area contributed by atoms with E-state index in [2.05, 4.69) is 60.5 Å². The summed E-state index contributed by atoms with van der Waals surface area (Å²) in [6.07, 6.45) is 2.71. The average Bonchev–Trinajstić information content (AvgIpc) is 2.23. The molecule has 0 N–H and O–H groups in total. The zero-order valence-electron chi connectivity index (χ0n) is 13.5. The highest BCUT2D eigenvalue weighted by molar-refractivity contribution is 4.77. The zero-order chi connectivity index (χ0) is 13.6. The van der Waals surface area contributed by atoms with Crippen molar-refractivity contribution >= 4 is 0 Å². The smallest absolute Gasteiger partial charge is 0.000367 e. The average molecular weight is 241 g/mol. The summed E-state index contributed by atoms with van der Waals surface area (Å²) in [5, 5.41) is 0. The van der Waals surface area contributed by atoms with E-state index in [4.69, 9.17) is 0 Å². The molecule has 0 aliphatic rings. The minimum atomic E-state index is 0.800. The maximum atomic E-state index is 2.45. The van der Waals surface area contributed by atoms with Crippen LogP contribution in [0.5, 0.6) is 0 Å². The first-order valence-electron chi connectivity index (χ1n) is 7.44. The van der Waals surface area contributed by atoms with E-state index in [0.717, 1.165) is 29.6 Å². The molecule has 0 saturated heterocycles. The van der Waals surface area contributed by atoms with E-state index in [1.165, 1.54) is 19.4 Å². The summed E-state index contributed by atoms with van der Waals surface area (Å²) in [7, 11) is 4.38. The summed E-state index contributed by atoms with van der Waals surface area (Å²) >= 11 is 0. The summed E-state index contributed by atoms with van der Waals surface area (Å²) < 4.78 is 0. The van der Waals surface area contributed by atoms with Crippen LogP contribution in [0.4, 0.5) is 0 Å². The number of hydrogen-bond donors (Lipinski definition) is 0. The molecule has 0 aromatic heterocycles. The molecule has 1 heteroatoms. The van der Waals surface area contributed by atoms with E-state index in [1.54, 1.807) is 0 Å². The molecule has 0 aliphatic heterocycles. The van der Waals surface area contributed by atoms with Crippen LogP contribution in [0.1, 0.15) is 54.4 Å². The van der Waals surface area contributed by atoms with Crippen molar-refractivity contribution in [3.8, 4) is 0 Å². The van der Waals surface area contributed by atoms with Gasteiger partial charge in [0, 0.05) is 6.54 Å². The maximum absolute atomic E-state index is 2.45. The van der Waals surface area contributed by atoms with Crippen molar-refractivity contribution in [1.82, 2.24) is 4.90 Å². The van der Waals surface area contributed by atoms with Gasteiger partial charge in [-0.2, -0.15) is 0 Å². The molecule has 0 bridgehead atoms. The van der Waals surface area contributed by atoms with Gasteiger partial charge in [0.25, 0.3) is 0 Å². The molecule has 4 atom stereocenters. The van der Waals surface area contributed by atoms with Crippen LogP contribution < -0.4 is 0 Å². The highest BCUT2D eigenvalue weighted by atomic mass is 15.1. The van der Waals surface area contributed by atoms with Crippen molar-refractivity contribution in [1.29, 1.82) is 0 Å². The second-order valence-electron chi connectivity index (χ2n) is 6.76. The van der Waals surface area contributed by atoms with Crippen LogP contribution in [-0.4, -0.2) is 25.5 Å². The lowest BCUT2D eigenvalue weighted by Crippen LogP contribution is -2.32. The molecule has 0 amide bonds. The van der Waals surface area contributed by atoms with Crippen LogP contribution in [0, 0.1) is 29.6 Å². The van der Waals surface area contributed by atoms with Crippen LogP contribution >= 0.6 is 0 Å². The van der Waals surface area contributed by atoms with Gasteiger partial charge in [0.1, 0.15) is 0 Å². The Bertz CT molecular complexity index is 186. The Hall–Kier alpha value is -0.0400. The Morgan fingerprint density at radius 3 is 1.82 bits per heavy atom. The first kappa shape index (κ1) is 17.0. The Morgan fingerprint density at radius 2 is 1.47 bits per heavy atom. The standard InChI is InChI=1S/C16H35N/c1-9-13(4)10-16(15(6)12(2)3)14(5)11-17(7)8/h12-16H,9-11H2,1-8H3/t13?,14-,15?,16?/m1/s1. The molecule has 17 heavy (non-hydrogen) atoms. The van der Waals surface area contributed by atoms with E-state index in [9.17, 15) is 0 Å². The Balaban J connectivity index is 4.59. The summed E-state index contributed by atoms with van der Waals surface area (Å²) in [6.45, 7) is 15.6. The van der Waals surface area contributed by atoms with Gasteiger partial charge in [-0.15, -0.1) is 0 Å². The summed E-state index contributed by atoms with van der Waals surface area (Å²) in [5.74, 6) is 4.17. The van der Waals surface area contributed by atoms with Crippen LogP contribution in [-0.2, 0) is 0 Å². The molecule has 0 aromatic rings. The van der Waals surface area contributed by atoms with Gasteiger partial charge in [-0.25, -0.2) is 0 Å². The third kappa shape index (κ3) is 6.45. The van der Waals surface area contributed by atoms with Gasteiger partial charge < -0.3 is 4.90 Å². The van der Waals surface area contributed by atoms with Crippen molar-refractivity contribution in [2.75, 3.05) is 20.6 Å². The predicted molar refractivity (Wildman–Crippen MR) is 79.3 cm³/mol. The molecule has 1 nitrogen and oxygen atoms in total. The largest absolute Gasteiger partial charge is 0.309 e. The van der Waals surface area contributed by atoms with Crippen molar-refractivity contribution in [2.45, 2.75) is 54.4 Å². The number of rotatable bonds is 8. The van der Waals surface area contributed by atoms with E-state index < -0.39 is 0 Å². The molecule has 0 saturated carbocycles. The van der Waals surface area contributed by atoms with Crippen LogP contribution in [0.2, 0.25) is 0 Å². The highest BCUT2D eigenvalue weighted by Crippen LogP contribution is 2.33. The normalized spacial score (nSPS) is 19.4. The topological polar surface area (TPSA) is 3.24 Å². The van der Waals surface area contributed by atoms with Crippen molar-refractivity contribution in [3.05, 3.63) is 0 Å². The third-order valence-corrected chi connectivity index (χ3v) is 4.48. The monoisotopic (exact) mass is 241 g/mol. The Morgan fingerprint density at radius 1 is 0.941 bits per heavy atom. The molecule has 3 unspecified atom stereocenters. The fraction of sp³-hybridized carbons (Fsp3) is 1.00. The molecule has 0 fully saturated rings. The first-order valence-corrected chi connectivity index (χ1v) is 7.44. The highest BCUT2D eigenvalue weighted by Gasteiger charge is 2.27. The lowest BCUT2D eigenvalue weighted by molar-refractivity contribution is 0.144. The zero-order valence-corrected chi connectivity index (χ0v) is 13.5. The van der Waals surface area contributed by atoms with Gasteiger partial charge in [-0.1, -0.05) is 48.0 Å². The predicted octanol–water partition coefficient (Wildman–Crippen LogP) is 4.53. The molecular weight excluding hydrogens is 206 g/mol. The fourth-order valence-electron chi connectivity index (χ4n) is 2.80. The lowest BCUT2D eigenvalue weighted by atomic mass is 9.73. The van der Waals surface area contributed by atoms with Gasteiger partial charge in [-0.05, 0) is 50.1 Å². The summed E-state index contributed by atoms with van der Waals surface area (Å²) in [6, 6.07) is 0. The minimum absolute atomic E-state index is 0.800. The van der Waals surface area contributed by atoms with Crippen LogP contribution in [0.3, 0.4) is 0 Å². The SMILES string of the molecule is CCC(C)CC(C(C)C(C)C)[C@H](C)CN(C)C. The van der Waals surface area contributed by atoms with Crippen LogP contribution in [0.15, 0.2) is 0 Å². The second kappa shape index (κ2) is 8.13. The van der Waals surface area contributed by atoms with E-state index in [0.29, 0.717) is 0 Å². The summed E-state index contributed by atoms with van der Waals surface area (Å²) in [5.41, 5.74) is 0. The van der Waals surface area contributed by atoms with Gasteiger partial charge in [0.2, 0.25) is 0 Å². The fourth-order valence-corrected chi connectivity index (χ4v) is 2.80. The molecule has 0 aromatic carbocycles. The minimum Gasteiger partial charge on any atom is -0.309 e. The van der Waals surface area contributed by atoms with Gasteiger partial charge in [0.05, 0.1) is 0 Å². The van der Waals surface area contributed by atoms with E-state index in [1.807, 2.05) is 0 Å². The third-order valence-electron chi connectivity index (χ3n) is 4.48.